The van der Waals surface area contributed by atoms with Gasteiger partial charge in [0.05, 0.1) is 17.6 Å². The normalized spacial score (nSPS) is 11.0. The van der Waals surface area contributed by atoms with Crippen LogP contribution in [-0.2, 0) is 19.4 Å². The molecular formula is C20H24N2O. The maximum atomic E-state index is 5.86. The zero-order valence-corrected chi connectivity index (χ0v) is 14.0. The molecule has 0 bridgehead atoms. The van der Waals surface area contributed by atoms with Crippen molar-refractivity contribution in [2.75, 3.05) is 6.61 Å². The van der Waals surface area contributed by atoms with Gasteiger partial charge in [-0.05, 0) is 42.7 Å². The zero-order chi connectivity index (χ0) is 16.1. The Labute approximate surface area is 137 Å². The van der Waals surface area contributed by atoms with Crippen molar-refractivity contribution in [3.63, 3.8) is 0 Å². The molecule has 1 heterocycles. The van der Waals surface area contributed by atoms with Crippen molar-refractivity contribution >= 4 is 11.0 Å². The van der Waals surface area contributed by atoms with E-state index in [-0.39, 0.29) is 0 Å². The fraction of sp³-hybridized carbons (Fsp3) is 0.350. The lowest BCUT2D eigenvalue weighted by molar-refractivity contribution is 0.302. The first-order valence-electron chi connectivity index (χ1n) is 8.47. The summed E-state index contributed by atoms with van der Waals surface area (Å²) >= 11 is 0. The second-order valence-electron chi connectivity index (χ2n) is 5.72. The van der Waals surface area contributed by atoms with Crippen LogP contribution in [0.15, 0.2) is 48.5 Å². The van der Waals surface area contributed by atoms with Gasteiger partial charge in [0.25, 0.3) is 0 Å². The molecule has 120 valence electrons. The van der Waals surface area contributed by atoms with Crippen LogP contribution in [0.2, 0.25) is 0 Å². The summed E-state index contributed by atoms with van der Waals surface area (Å²) in [6.45, 7) is 5.98. The third kappa shape index (κ3) is 3.55. The van der Waals surface area contributed by atoms with Crippen molar-refractivity contribution in [3.8, 4) is 5.75 Å². The Bertz CT molecular complexity index is 759. The smallest absolute Gasteiger partial charge is 0.119 e. The number of aromatic nitrogens is 2. The molecule has 0 aliphatic carbocycles. The lowest BCUT2D eigenvalue weighted by Gasteiger charge is -2.10. The minimum atomic E-state index is 0.723. The van der Waals surface area contributed by atoms with Crippen LogP contribution in [-0.4, -0.2) is 16.2 Å². The molecule has 1 aromatic heterocycles. The molecule has 3 rings (SSSR count). The molecule has 0 aliphatic heterocycles. The van der Waals surface area contributed by atoms with Crippen LogP contribution >= 0.6 is 0 Å². The van der Waals surface area contributed by atoms with E-state index in [2.05, 4.69) is 60.9 Å². The minimum absolute atomic E-state index is 0.723. The summed E-state index contributed by atoms with van der Waals surface area (Å²) in [7, 11) is 0. The monoisotopic (exact) mass is 308 g/mol. The van der Waals surface area contributed by atoms with E-state index in [4.69, 9.17) is 9.72 Å². The standard InChI is InChI=1S/C20H24N2O/c1-3-16-10-12-17(13-11-16)23-15-7-14-22-19-9-6-5-8-18(19)21-20(22)4-2/h5-6,8-13H,3-4,7,14-15H2,1-2H3. The molecule has 0 spiro atoms. The van der Waals surface area contributed by atoms with E-state index in [9.17, 15) is 0 Å². The highest BCUT2D eigenvalue weighted by molar-refractivity contribution is 5.75. The van der Waals surface area contributed by atoms with E-state index in [1.807, 2.05) is 6.07 Å². The Kier molecular flexibility index (Phi) is 4.96. The molecular weight excluding hydrogens is 284 g/mol. The Morgan fingerprint density at radius 2 is 1.74 bits per heavy atom. The Morgan fingerprint density at radius 1 is 0.957 bits per heavy atom. The predicted molar refractivity (Wildman–Crippen MR) is 95.0 cm³/mol. The first-order chi connectivity index (χ1) is 11.3. The van der Waals surface area contributed by atoms with Crippen LogP contribution in [0.1, 0.15) is 31.7 Å². The number of fused-ring (bicyclic) bond motifs is 1. The van der Waals surface area contributed by atoms with Crippen molar-refractivity contribution < 1.29 is 4.74 Å². The number of hydrogen-bond donors (Lipinski definition) is 0. The van der Waals surface area contributed by atoms with Gasteiger partial charge in [-0.2, -0.15) is 0 Å². The number of benzene rings is 2. The molecule has 0 saturated heterocycles. The highest BCUT2D eigenvalue weighted by Gasteiger charge is 2.08. The van der Waals surface area contributed by atoms with Crippen molar-refractivity contribution in [3.05, 3.63) is 59.9 Å². The summed E-state index contributed by atoms with van der Waals surface area (Å²) in [6, 6.07) is 16.7. The highest BCUT2D eigenvalue weighted by atomic mass is 16.5. The molecule has 0 fully saturated rings. The minimum Gasteiger partial charge on any atom is -0.494 e. The Hall–Kier alpha value is -2.29. The summed E-state index contributed by atoms with van der Waals surface area (Å²) in [6.07, 6.45) is 2.99. The Morgan fingerprint density at radius 3 is 2.48 bits per heavy atom. The van der Waals surface area contributed by atoms with Crippen LogP contribution in [0, 0.1) is 0 Å². The maximum Gasteiger partial charge on any atom is 0.119 e. The molecule has 3 aromatic rings. The lowest BCUT2D eigenvalue weighted by atomic mass is 10.2. The molecule has 0 radical (unpaired) electrons. The molecule has 0 unspecified atom stereocenters. The lowest BCUT2D eigenvalue weighted by Crippen LogP contribution is -2.07. The van der Waals surface area contributed by atoms with Gasteiger partial charge < -0.3 is 9.30 Å². The van der Waals surface area contributed by atoms with Gasteiger partial charge in [0.1, 0.15) is 11.6 Å². The average Bonchev–Trinajstić information content (AvgIpc) is 2.97. The summed E-state index contributed by atoms with van der Waals surface area (Å²) in [5.74, 6) is 2.10. The molecule has 0 aliphatic rings. The predicted octanol–water partition coefficient (Wildman–Crippen LogP) is 4.63. The number of hydrogen-bond acceptors (Lipinski definition) is 2. The highest BCUT2D eigenvalue weighted by Crippen LogP contribution is 2.17. The van der Waals surface area contributed by atoms with Crippen molar-refractivity contribution in [2.45, 2.75) is 39.7 Å². The fourth-order valence-corrected chi connectivity index (χ4v) is 2.88. The number of para-hydroxylation sites is 2. The van der Waals surface area contributed by atoms with Crippen LogP contribution in [0.4, 0.5) is 0 Å². The zero-order valence-electron chi connectivity index (χ0n) is 14.0. The molecule has 3 nitrogen and oxygen atoms in total. The van der Waals surface area contributed by atoms with Crippen molar-refractivity contribution in [1.29, 1.82) is 0 Å². The van der Waals surface area contributed by atoms with Gasteiger partial charge in [-0.15, -0.1) is 0 Å². The van der Waals surface area contributed by atoms with E-state index in [0.29, 0.717) is 0 Å². The van der Waals surface area contributed by atoms with Crippen molar-refractivity contribution in [1.82, 2.24) is 9.55 Å². The molecule has 0 saturated carbocycles. The molecule has 2 aromatic carbocycles. The van der Waals surface area contributed by atoms with Crippen LogP contribution in [0.5, 0.6) is 5.75 Å². The van der Waals surface area contributed by atoms with E-state index in [1.165, 1.54) is 11.1 Å². The molecule has 3 heteroatoms. The van der Waals surface area contributed by atoms with Gasteiger partial charge in [0.15, 0.2) is 0 Å². The third-order valence-corrected chi connectivity index (χ3v) is 4.18. The van der Waals surface area contributed by atoms with Gasteiger partial charge in [0, 0.05) is 13.0 Å². The Balaban J connectivity index is 1.60. The van der Waals surface area contributed by atoms with Gasteiger partial charge >= 0.3 is 0 Å². The van der Waals surface area contributed by atoms with Gasteiger partial charge in [-0.25, -0.2) is 4.98 Å². The molecule has 0 atom stereocenters. The first-order valence-corrected chi connectivity index (χ1v) is 8.47. The van der Waals surface area contributed by atoms with E-state index in [0.717, 1.165) is 49.5 Å². The van der Waals surface area contributed by atoms with Crippen LogP contribution in [0.3, 0.4) is 0 Å². The van der Waals surface area contributed by atoms with Crippen LogP contribution < -0.4 is 4.74 Å². The number of nitrogens with zero attached hydrogens (tertiary/aromatic N) is 2. The summed E-state index contributed by atoms with van der Waals surface area (Å²) in [5.41, 5.74) is 3.65. The molecule has 23 heavy (non-hydrogen) atoms. The van der Waals surface area contributed by atoms with Gasteiger partial charge in [-0.3, -0.25) is 0 Å². The number of imidazole rings is 1. The second-order valence-corrected chi connectivity index (χ2v) is 5.72. The third-order valence-electron chi connectivity index (χ3n) is 4.18. The number of aryl methyl sites for hydroxylation is 3. The summed E-state index contributed by atoms with van der Waals surface area (Å²) < 4.78 is 8.17. The van der Waals surface area contributed by atoms with E-state index >= 15 is 0 Å². The fourth-order valence-electron chi connectivity index (χ4n) is 2.88. The second kappa shape index (κ2) is 7.32. The van der Waals surface area contributed by atoms with E-state index < -0.39 is 0 Å². The molecule has 0 N–H and O–H groups in total. The summed E-state index contributed by atoms with van der Waals surface area (Å²) in [5, 5.41) is 0. The SMILES string of the molecule is CCc1ccc(OCCCn2c(CC)nc3ccccc32)cc1. The first kappa shape index (κ1) is 15.6. The number of rotatable bonds is 7. The maximum absolute atomic E-state index is 5.86. The topological polar surface area (TPSA) is 27.1 Å². The summed E-state index contributed by atoms with van der Waals surface area (Å²) in [4.78, 5) is 4.71. The largest absolute Gasteiger partial charge is 0.494 e. The average molecular weight is 308 g/mol. The quantitative estimate of drug-likeness (QED) is 0.595. The van der Waals surface area contributed by atoms with Gasteiger partial charge in [0.2, 0.25) is 0 Å². The van der Waals surface area contributed by atoms with Gasteiger partial charge in [-0.1, -0.05) is 38.1 Å². The van der Waals surface area contributed by atoms with Crippen LogP contribution in [0.25, 0.3) is 11.0 Å². The number of ether oxygens (including phenoxy) is 1. The van der Waals surface area contributed by atoms with E-state index in [1.54, 1.807) is 0 Å². The molecule has 0 amide bonds. The van der Waals surface area contributed by atoms with Crippen molar-refractivity contribution in [2.24, 2.45) is 0 Å².